The fourth-order valence-electron chi connectivity index (χ4n) is 1.09. The predicted molar refractivity (Wildman–Crippen MR) is 66.2 cm³/mol. The molecule has 0 aliphatic rings. The average molecular weight is 224 g/mol. The summed E-state index contributed by atoms with van der Waals surface area (Å²) in [6, 6.07) is 7.76. The van der Waals surface area contributed by atoms with E-state index in [-0.39, 0.29) is 0 Å². The lowest BCUT2D eigenvalue weighted by Crippen LogP contribution is -2.30. The van der Waals surface area contributed by atoms with E-state index in [1.807, 2.05) is 44.2 Å². The molecule has 1 aromatic rings. The van der Waals surface area contributed by atoms with Gasteiger partial charge in [0.1, 0.15) is 5.75 Å². The van der Waals surface area contributed by atoms with Crippen LogP contribution in [0.15, 0.2) is 29.7 Å². The van der Waals surface area contributed by atoms with Gasteiger partial charge in [-0.2, -0.15) is 12.6 Å². The van der Waals surface area contributed by atoms with Gasteiger partial charge in [0.25, 0.3) is 0 Å². The zero-order chi connectivity index (χ0) is 11.3. The van der Waals surface area contributed by atoms with E-state index >= 15 is 0 Å². The first-order valence-electron chi connectivity index (χ1n) is 4.72. The summed E-state index contributed by atoms with van der Waals surface area (Å²) in [4.78, 5) is 0. The van der Waals surface area contributed by atoms with Crippen molar-refractivity contribution in [3.05, 3.63) is 35.2 Å². The third kappa shape index (κ3) is 3.98. The summed E-state index contributed by atoms with van der Waals surface area (Å²) in [5.74, 6) is 0.175. The third-order valence-corrected chi connectivity index (χ3v) is 2.13. The molecular weight excluding hydrogens is 208 g/mol. The summed E-state index contributed by atoms with van der Waals surface area (Å²) < 4.78 is 10.8. The zero-order valence-corrected chi connectivity index (χ0v) is 10.1. The van der Waals surface area contributed by atoms with Gasteiger partial charge in [0, 0.05) is 21.0 Å². The van der Waals surface area contributed by atoms with Crippen LogP contribution in [0, 0.1) is 0 Å². The van der Waals surface area contributed by atoms with Gasteiger partial charge in [-0.05, 0) is 29.2 Å². The highest BCUT2D eigenvalue weighted by Crippen LogP contribution is 2.20. The first-order valence-corrected chi connectivity index (χ1v) is 5.24. The Morgan fingerprint density at radius 3 is 2.67 bits per heavy atom. The van der Waals surface area contributed by atoms with Gasteiger partial charge in [-0.3, -0.25) is 0 Å². The molecule has 15 heavy (non-hydrogen) atoms. The number of rotatable bonds is 4. The Labute approximate surface area is 96.3 Å². The minimum absolute atomic E-state index is 0.608. The van der Waals surface area contributed by atoms with E-state index in [0.29, 0.717) is 0 Å². The Kier molecular flexibility index (Phi) is 4.24. The monoisotopic (exact) mass is 224 g/mol. The molecule has 0 radical (unpaired) electrons. The first-order chi connectivity index (χ1) is 7.07. The van der Waals surface area contributed by atoms with Gasteiger partial charge in [-0.1, -0.05) is 12.1 Å². The Morgan fingerprint density at radius 2 is 2.07 bits per heavy atom. The molecule has 2 nitrogen and oxygen atoms in total. The zero-order valence-electron chi connectivity index (χ0n) is 9.23. The Bertz CT molecular complexity index is 345. The molecule has 0 amide bonds. The lowest BCUT2D eigenvalue weighted by molar-refractivity contribution is -0.134. The minimum Gasteiger partial charge on any atom is -0.463 e. The van der Waals surface area contributed by atoms with Crippen LogP contribution in [0.25, 0.3) is 6.08 Å². The maximum atomic E-state index is 5.66. The highest BCUT2D eigenvalue weighted by Gasteiger charge is 2.17. The van der Waals surface area contributed by atoms with E-state index in [0.717, 1.165) is 11.3 Å². The number of hydrogen-bond acceptors (Lipinski definition) is 3. The molecule has 0 atom stereocenters. The van der Waals surface area contributed by atoms with Crippen molar-refractivity contribution >= 4 is 18.7 Å². The quantitative estimate of drug-likeness (QED) is 0.624. The molecule has 0 aliphatic carbocycles. The van der Waals surface area contributed by atoms with Crippen LogP contribution < -0.4 is 4.74 Å². The average Bonchev–Trinajstić information content (AvgIpc) is 2.18. The largest absolute Gasteiger partial charge is 0.463 e. The van der Waals surface area contributed by atoms with Gasteiger partial charge in [0.15, 0.2) is 0 Å². The van der Waals surface area contributed by atoms with Crippen molar-refractivity contribution in [3.63, 3.8) is 0 Å². The Morgan fingerprint density at radius 1 is 1.33 bits per heavy atom. The number of methoxy groups -OCH3 is 1. The van der Waals surface area contributed by atoms with Crippen LogP contribution in [-0.4, -0.2) is 12.9 Å². The van der Waals surface area contributed by atoms with Gasteiger partial charge in [0.05, 0.1) is 0 Å². The predicted octanol–water partition coefficient (Wildman–Crippen LogP) is 3.35. The fraction of sp³-hybridized carbons (Fsp3) is 0.333. The van der Waals surface area contributed by atoms with Crippen molar-refractivity contribution in [2.75, 3.05) is 7.11 Å². The maximum absolute atomic E-state index is 5.66. The smallest absolute Gasteiger partial charge is 0.204 e. The van der Waals surface area contributed by atoms with Crippen LogP contribution in [0.4, 0.5) is 0 Å². The van der Waals surface area contributed by atoms with E-state index in [4.69, 9.17) is 9.47 Å². The molecule has 0 aliphatic heterocycles. The molecule has 0 spiro atoms. The number of hydrogen-bond donors (Lipinski definition) is 1. The highest BCUT2D eigenvalue weighted by molar-refractivity contribution is 7.83. The molecule has 0 saturated heterocycles. The van der Waals surface area contributed by atoms with Crippen molar-refractivity contribution in [1.29, 1.82) is 0 Å². The molecule has 1 rings (SSSR count). The van der Waals surface area contributed by atoms with Gasteiger partial charge in [-0.15, -0.1) is 0 Å². The lowest BCUT2D eigenvalue weighted by atomic mass is 10.2. The second-order valence-corrected chi connectivity index (χ2v) is 3.89. The first kappa shape index (κ1) is 12.1. The van der Waals surface area contributed by atoms with E-state index in [2.05, 4.69) is 12.6 Å². The molecule has 0 aromatic heterocycles. The van der Waals surface area contributed by atoms with Gasteiger partial charge >= 0.3 is 0 Å². The van der Waals surface area contributed by atoms with Crippen LogP contribution in [0.1, 0.15) is 19.4 Å². The van der Waals surface area contributed by atoms with Crippen molar-refractivity contribution in [1.82, 2.24) is 0 Å². The number of ether oxygens (including phenoxy) is 2. The molecule has 1 aromatic carbocycles. The Balaban J connectivity index is 2.82. The second kappa shape index (κ2) is 5.24. The topological polar surface area (TPSA) is 18.5 Å². The SMILES string of the molecule is COC(C)(C)Oc1cccc(C=CS)c1. The summed E-state index contributed by atoms with van der Waals surface area (Å²) in [6.07, 6.45) is 1.90. The summed E-state index contributed by atoms with van der Waals surface area (Å²) in [7, 11) is 1.62. The number of benzene rings is 1. The molecule has 0 saturated carbocycles. The summed E-state index contributed by atoms with van der Waals surface area (Å²) in [5.41, 5.74) is 1.05. The third-order valence-electron chi connectivity index (χ3n) is 1.98. The lowest BCUT2D eigenvalue weighted by Gasteiger charge is -2.24. The van der Waals surface area contributed by atoms with Crippen molar-refractivity contribution < 1.29 is 9.47 Å². The van der Waals surface area contributed by atoms with Crippen LogP contribution in [0.5, 0.6) is 5.75 Å². The van der Waals surface area contributed by atoms with Crippen molar-refractivity contribution in [3.8, 4) is 5.75 Å². The molecule has 0 unspecified atom stereocenters. The second-order valence-electron chi connectivity index (χ2n) is 3.59. The molecule has 82 valence electrons. The molecule has 0 heterocycles. The van der Waals surface area contributed by atoms with Gasteiger partial charge in [-0.25, -0.2) is 0 Å². The van der Waals surface area contributed by atoms with E-state index in [9.17, 15) is 0 Å². The van der Waals surface area contributed by atoms with Crippen LogP contribution in [0.3, 0.4) is 0 Å². The molecular formula is C12H16O2S. The summed E-state index contributed by atoms with van der Waals surface area (Å²) in [5, 5.41) is 1.70. The van der Waals surface area contributed by atoms with E-state index < -0.39 is 5.79 Å². The minimum atomic E-state index is -0.608. The standard InChI is InChI=1S/C12H16O2S/c1-12(2,13-3)14-11-6-4-5-10(9-11)7-8-15/h4-9,15H,1-3H3. The maximum Gasteiger partial charge on any atom is 0.204 e. The Hall–Kier alpha value is -0.930. The molecule has 0 fully saturated rings. The van der Waals surface area contributed by atoms with Crippen LogP contribution in [-0.2, 0) is 4.74 Å². The molecule has 0 bridgehead atoms. The van der Waals surface area contributed by atoms with Crippen molar-refractivity contribution in [2.45, 2.75) is 19.6 Å². The summed E-state index contributed by atoms with van der Waals surface area (Å²) in [6.45, 7) is 3.74. The van der Waals surface area contributed by atoms with Crippen LogP contribution in [0.2, 0.25) is 0 Å². The summed E-state index contributed by atoms with van der Waals surface area (Å²) >= 11 is 4.02. The van der Waals surface area contributed by atoms with E-state index in [1.54, 1.807) is 12.5 Å². The van der Waals surface area contributed by atoms with Crippen LogP contribution >= 0.6 is 12.6 Å². The van der Waals surface area contributed by atoms with Gasteiger partial charge in [0.2, 0.25) is 5.79 Å². The number of thiol groups is 1. The van der Waals surface area contributed by atoms with Crippen molar-refractivity contribution in [2.24, 2.45) is 0 Å². The van der Waals surface area contributed by atoms with E-state index in [1.165, 1.54) is 0 Å². The molecule has 3 heteroatoms. The fourth-order valence-corrected chi connectivity index (χ4v) is 1.27. The molecule has 0 N–H and O–H groups in total. The highest BCUT2D eigenvalue weighted by atomic mass is 32.1. The van der Waals surface area contributed by atoms with Gasteiger partial charge < -0.3 is 9.47 Å². The normalized spacial score (nSPS) is 12.0.